The van der Waals surface area contributed by atoms with Gasteiger partial charge in [0.05, 0.1) is 18.3 Å². The Kier molecular flexibility index (Phi) is 21.8. The minimum Gasteiger partial charge on any atom is -0.493 e. The van der Waals surface area contributed by atoms with Crippen LogP contribution < -0.4 is 31.2 Å². The van der Waals surface area contributed by atoms with Crippen LogP contribution >= 0.6 is 0 Å². The number of ether oxygens (including phenoxy) is 3. The number of amides is 3. The lowest BCUT2D eigenvalue weighted by atomic mass is 9.83. The Morgan fingerprint density at radius 1 is 0.851 bits per heavy atom. The lowest BCUT2D eigenvalue weighted by Gasteiger charge is -2.30. The summed E-state index contributed by atoms with van der Waals surface area (Å²) in [5, 5.41) is 19.9. The van der Waals surface area contributed by atoms with E-state index in [-0.39, 0.29) is 54.4 Å². The number of aliphatic hydroxyl groups is 1. The number of benzene rings is 1. The summed E-state index contributed by atoms with van der Waals surface area (Å²) in [4.78, 5) is 38.3. The molecule has 3 amide bonds. The SMILES string of the molecule is CCCCNC(=O)COc1ccc(C(=O)NCC(CC(N)C(O)CC(C(=O)NCCCC)C(C)C)C(C)C)c(OCCCCOC)c1. The molecule has 0 saturated carbocycles. The van der Waals surface area contributed by atoms with Gasteiger partial charge >= 0.3 is 0 Å². The van der Waals surface area contributed by atoms with Gasteiger partial charge in [0, 0.05) is 51.4 Å². The van der Waals surface area contributed by atoms with E-state index in [9.17, 15) is 19.5 Å². The van der Waals surface area contributed by atoms with E-state index in [1.54, 1.807) is 25.3 Å². The minimum atomic E-state index is -0.851. The number of nitrogens with one attached hydrogen (secondary N) is 3. The Balaban J connectivity index is 2.91. The molecule has 11 nitrogen and oxygen atoms in total. The standard InChI is InChI=1S/C36H64N4O7/c1-8-10-16-38-34(42)24-47-28-14-15-29(33(21-28)46-19-13-12-18-45-7)35(43)40-23-27(25(3)4)20-31(37)32(41)22-30(26(5)6)36(44)39-17-11-9-2/h14-15,21,25-27,30-32,41H,8-13,16-20,22-24,37H2,1-7H3,(H,38,42)(H,39,44)(H,40,43). The number of hydrogen-bond acceptors (Lipinski definition) is 8. The van der Waals surface area contributed by atoms with Gasteiger partial charge in [-0.3, -0.25) is 14.4 Å². The average Bonchev–Trinajstić information content (AvgIpc) is 3.03. The van der Waals surface area contributed by atoms with Crippen molar-refractivity contribution >= 4 is 17.7 Å². The lowest BCUT2D eigenvalue weighted by molar-refractivity contribution is -0.127. The van der Waals surface area contributed by atoms with Gasteiger partial charge in [0.25, 0.3) is 11.8 Å². The third-order valence-electron chi connectivity index (χ3n) is 8.42. The zero-order chi connectivity index (χ0) is 35.2. The average molecular weight is 665 g/mol. The van der Waals surface area contributed by atoms with E-state index in [1.165, 1.54) is 0 Å². The molecule has 4 atom stereocenters. The summed E-state index contributed by atoms with van der Waals surface area (Å²) in [7, 11) is 1.65. The van der Waals surface area contributed by atoms with Gasteiger partial charge in [-0.15, -0.1) is 0 Å². The molecule has 4 unspecified atom stereocenters. The summed E-state index contributed by atoms with van der Waals surface area (Å²) >= 11 is 0. The highest BCUT2D eigenvalue weighted by Gasteiger charge is 2.30. The molecule has 270 valence electrons. The van der Waals surface area contributed by atoms with Crippen molar-refractivity contribution in [1.82, 2.24) is 16.0 Å². The van der Waals surface area contributed by atoms with Crippen LogP contribution in [0.5, 0.6) is 11.5 Å². The van der Waals surface area contributed by atoms with Crippen molar-refractivity contribution in [2.75, 3.05) is 46.6 Å². The largest absolute Gasteiger partial charge is 0.493 e. The third-order valence-corrected chi connectivity index (χ3v) is 8.42. The number of hydrogen-bond donors (Lipinski definition) is 5. The Labute approximate surface area is 283 Å². The molecule has 0 heterocycles. The zero-order valence-electron chi connectivity index (χ0n) is 30.1. The molecule has 0 radical (unpaired) electrons. The zero-order valence-corrected chi connectivity index (χ0v) is 30.1. The Morgan fingerprint density at radius 3 is 2.13 bits per heavy atom. The second-order valence-electron chi connectivity index (χ2n) is 13.1. The first-order valence-electron chi connectivity index (χ1n) is 17.6. The first-order chi connectivity index (χ1) is 22.4. The number of rotatable bonds is 26. The second-order valence-corrected chi connectivity index (χ2v) is 13.1. The van der Waals surface area contributed by atoms with Crippen LogP contribution in [0.25, 0.3) is 0 Å². The van der Waals surface area contributed by atoms with E-state index < -0.39 is 12.1 Å². The van der Waals surface area contributed by atoms with Crippen LogP contribution in [0.2, 0.25) is 0 Å². The van der Waals surface area contributed by atoms with E-state index in [2.05, 4.69) is 43.6 Å². The van der Waals surface area contributed by atoms with Crippen molar-refractivity contribution in [3.8, 4) is 11.5 Å². The molecule has 0 aliphatic heterocycles. The fourth-order valence-corrected chi connectivity index (χ4v) is 5.09. The van der Waals surface area contributed by atoms with Gasteiger partial charge in [-0.25, -0.2) is 0 Å². The van der Waals surface area contributed by atoms with Crippen molar-refractivity contribution in [2.24, 2.45) is 29.4 Å². The molecule has 11 heteroatoms. The van der Waals surface area contributed by atoms with Crippen molar-refractivity contribution < 1.29 is 33.7 Å². The van der Waals surface area contributed by atoms with Gasteiger partial charge < -0.3 is 41.0 Å². The summed E-state index contributed by atoms with van der Waals surface area (Å²) in [6.45, 7) is 14.7. The number of unbranched alkanes of at least 4 members (excludes halogenated alkanes) is 3. The lowest BCUT2D eigenvalue weighted by Crippen LogP contribution is -2.44. The molecule has 0 aliphatic carbocycles. The fourth-order valence-electron chi connectivity index (χ4n) is 5.09. The van der Waals surface area contributed by atoms with Crippen LogP contribution in [-0.4, -0.2) is 81.5 Å². The van der Waals surface area contributed by atoms with Gasteiger partial charge in [-0.1, -0.05) is 54.4 Å². The third kappa shape index (κ3) is 17.2. The summed E-state index contributed by atoms with van der Waals surface area (Å²) < 4.78 is 16.8. The molecule has 0 bridgehead atoms. The topological polar surface area (TPSA) is 161 Å². The van der Waals surface area contributed by atoms with E-state index in [1.807, 2.05) is 13.8 Å². The predicted molar refractivity (Wildman–Crippen MR) is 187 cm³/mol. The molecule has 0 spiro atoms. The highest BCUT2D eigenvalue weighted by Crippen LogP contribution is 2.27. The molecule has 6 N–H and O–H groups in total. The van der Waals surface area contributed by atoms with E-state index in [0.717, 1.165) is 38.5 Å². The van der Waals surface area contributed by atoms with Crippen LogP contribution in [0.4, 0.5) is 0 Å². The number of nitrogens with two attached hydrogens (primary N) is 1. The quantitative estimate of drug-likeness (QED) is 0.0909. The molecule has 0 saturated heterocycles. The number of carbonyl (C=O) groups is 3. The maximum absolute atomic E-state index is 13.4. The molecule has 1 rings (SSSR count). The normalized spacial score (nSPS) is 13.9. The number of carbonyl (C=O) groups excluding carboxylic acids is 3. The first-order valence-corrected chi connectivity index (χ1v) is 17.6. The Morgan fingerprint density at radius 2 is 1.51 bits per heavy atom. The van der Waals surface area contributed by atoms with Gasteiger partial charge in [0.1, 0.15) is 11.5 Å². The second kappa shape index (κ2) is 24.3. The minimum absolute atomic E-state index is 0.00767. The molecular weight excluding hydrogens is 600 g/mol. The van der Waals surface area contributed by atoms with Crippen LogP contribution in [0.1, 0.15) is 103 Å². The highest BCUT2D eigenvalue weighted by molar-refractivity contribution is 5.97. The summed E-state index contributed by atoms with van der Waals surface area (Å²) in [5.41, 5.74) is 6.85. The monoisotopic (exact) mass is 664 g/mol. The molecule has 0 aliphatic rings. The van der Waals surface area contributed by atoms with Gasteiger partial charge in [0.15, 0.2) is 6.61 Å². The fraction of sp³-hybridized carbons (Fsp3) is 0.750. The predicted octanol–water partition coefficient (Wildman–Crippen LogP) is 4.45. The van der Waals surface area contributed by atoms with Crippen molar-refractivity contribution in [2.45, 2.75) is 105 Å². The maximum Gasteiger partial charge on any atom is 0.257 e. The van der Waals surface area contributed by atoms with Crippen LogP contribution in [-0.2, 0) is 14.3 Å². The Hall–Kier alpha value is -2.89. The molecule has 0 aromatic heterocycles. The summed E-state index contributed by atoms with van der Waals surface area (Å²) in [6, 6.07) is 4.38. The van der Waals surface area contributed by atoms with Gasteiger partial charge in [0.2, 0.25) is 5.91 Å². The van der Waals surface area contributed by atoms with E-state index >= 15 is 0 Å². The Bertz CT molecular complexity index is 1040. The molecule has 0 fully saturated rings. The molecule has 47 heavy (non-hydrogen) atoms. The van der Waals surface area contributed by atoms with Gasteiger partial charge in [-0.2, -0.15) is 0 Å². The van der Waals surface area contributed by atoms with Gasteiger partial charge in [-0.05, 0) is 68.4 Å². The smallest absolute Gasteiger partial charge is 0.257 e. The summed E-state index contributed by atoms with van der Waals surface area (Å²) in [5.74, 6) is 0.150. The van der Waals surface area contributed by atoms with E-state index in [0.29, 0.717) is 56.3 Å². The van der Waals surface area contributed by atoms with E-state index in [4.69, 9.17) is 19.9 Å². The van der Waals surface area contributed by atoms with Crippen molar-refractivity contribution in [3.05, 3.63) is 23.8 Å². The number of methoxy groups -OCH3 is 1. The maximum atomic E-state index is 13.4. The molecular formula is C36H64N4O7. The van der Waals surface area contributed by atoms with Crippen LogP contribution in [0.3, 0.4) is 0 Å². The van der Waals surface area contributed by atoms with Crippen molar-refractivity contribution in [3.63, 3.8) is 0 Å². The van der Waals surface area contributed by atoms with Crippen LogP contribution in [0, 0.1) is 23.7 Å². The van der Waals surface area contributed by atoms with Crippen molar-refractivity contribution in [1.29, 1.82) is 0 Å². The molecule has 1 aromatic rings. The number of aliphatic hydroxyl groups excluding tert-OH is 1. The first kappa shape index (κ1) is 42.1. The highest BCUT2D eigenvalue weighted by atomic mass is 16.5. The van der Waals surface area contributed by atoms with Crippen LogP contribution in [0.15, 0.2) is 18.2 Å². The molecule has 1 aromatic carbocycles. The summed E-state index contributed by atoms with van der Waals surface area (Å²) in [6.07, 6.45) is 5.27.